The number of rotatable bonds is 8. The van der Waals surface area contributed by atoms with Gasteiger partial charge in [-0.3, -0.25) is 19.4 Å². The molecular formula is C51H74F2N4O6. The number of carbonyl (C=O) groups is 3. The summed E-state index contributed by atoms with van der Waals surface area (Å²) in [6.07, 6.45) is 14.7. The molecule has 0 bridgehead atoms. The lowest BCUT2D eigenvalue weighted by Crippen LogP contribution is -2.53. The predicted molar refractivity (Wildman–Crippen MR) is 240 cm³/mol. The fourth-order valence-corrected chi connectivity index (χ4v) is 12.0. The first kappa shape index (κ1) is 47.4. The number of benzene rings is 2. The summed E-state index contributed by atoms with van der Waals surface area (Å²) in [7, 11) is 0. The van der Waals surface area contributed by atoms with Crippen molar-refractivity contribution >= 4 is 18.0 Å². The zero-order chi connectivity index (χ0) is 45.3. The number of piperidine rings is 2. The van der Waals surface area contributed by atoms with Crippen LogP contribution in [0.2, 0.25) is 0 Å². The molecule has 4 aliphatic heterocycles. The molecular weight excluding hydrogens is 803 g/mol. The Kier molecular flexibility index (Phi) is 14.1. The van der Waals surface area contributed by atoms with E-state index in [1.807, 2.05) is 58.6 Å². The zero-order valence-electron chi connectivity index (χ0n) is 39.0. The molecule has 6 aliphatic rings. The highest BCUT2D eigenvalue weighted by Gasteiger charge is 2.48. The van der Waals surface area contributed by atoms with Gasteiger partial charge in [-0.25, -0.2) is 13.6 Å². The van der Waals surface area contributed by atoms with Crippen molar-refractivity contribution in [2.45, 2.75) is 190 Å². The molecule has 4 heterocycles. The van der Waals surface area contributed by atoms with Crippen molar-refractivity contribution < 1.29 is 37.7 Å². The van der Waals surface area contributed by atoms with Crippen molar-refractivity contribution in [1.29, 1.82) is 0 Å². The number of hydrogen-bond donors (Lipinski definition) is 2. The Morgan fingerprint density at radius 3 is 1.49 bits per heavy atom. The lowest BCUT2D eigenvalue weighted by Gasteiger charge is -2.45. The molecule has 0 atom stereocenters. The molecule has 2 N–H and O–H groups in total. The van der Waals surface area contributed by atoms with Gasteiger partial charge in [0.2, 0.25) is 0 Å². The second-order valence-corrected chi connectivity index (χ2v) is 21.8. The number of carbonyl (C=O) groups excluding carboxylic acids is 2. The average Bonchev–Trinajstić information content (AvgIpc) is 4.04. The highest BCUT2D eigenvalue weighted by atomic mass is 19.1. The van der Waals surface area contributed by atoms with Gasteiger partial charge in [0, 0.05) is 37.3 Å². The van der Waals surface area contributed by atoms with Gasteiger partial charge in [0.15, 0.2) is 0 Å². The van der Waals surface area contributed by atoms with E-state index in [4.69, 9.17) is 9.47 Å². The smallest absolute Gasteiger partial charge is 0.410 e. The third-order valence-corrected chi connectivity index (χ3v) is 15.2. The topological polar surface area (TPSA) is 112 Å². The van der Waals surface area contributed by atoms with Gasteiger partial charge >= 0.3 is 18.0 Å². The lowest BCUT2D eigenvalue weighted by atomic mass is 9.78. The van der Waals surface area contributed by atoms with Crippen LogP contribution in [0.5, 0.6) is 0 Å². The highest BCUT2D eigenvalue weighted by molar-refractivity contribution is 5.84. The normalized spacial score (nSPS) is 23.1. The molecule has 6 fully saturated rings. The minimum absolute atomic E-state index is 0.0151. The summed E-state index contributed by atoms with van der Waals surface area (Å²) in [6.45, 7) is 18.1. The minimum atomic E-state index is -0.895. The van der Waals surface area contributed by atoms with E-state index >= 15 is 4.39 Å². The van der Waals surface area contributed by atoms with Crippen molar-refractivity contribution in [3.8, 4) is 0 Å². The molecule has 2 aliphatic carbocycles. The van der Waals surface area contributed by atoms with Gasteiger partial charge in [-0.2, -0.15) is 0 Å². The van der Waals surface area contributed by atoms with Crippen LogP contribution in [0.3, 0.4) is 0 Å². The van der Waals surface area contributed by atoms with E-state index in [2.05, 4.69) is 15.1 Å². The zero-order valence-corrected chi connectivity index (χ0v) is 39.0. The Balaban J connectivity index is 0.000000200. The van der Waals surface area contributed by atoms with Gasteiger partial charge < -0.3 is 24.8 Å². The number of hydrogen-bond acceptors (Lipinski definition) is 8. The number of nitrogens with one attached hydrogen (secondary N) is 1. The van der Waals surface area contributed by atoms with E-state index < -0.39 is 28.0 Å². The Morgan fingerprint density at radius 1 is 0.587 bits per heavy atom. The summed E-state index contributed by atoms with van der Waals surface area (Å²) in [4.78, 5) is 44.8. The van der Waals surface area contributed by atoms with Crippen LogP contribution in [0.25, 0.3) is 0 Å². The number of esters is 1. The molecule has 0 unspecified atom stereocenters. The number of carboxylic acid groups (broad SMARTS) is 1. The quantitative estimate of drug-likeness (QED) is 0.251. The number of halogens is 2. The van der Waals surface area contributed by atoms with Gasteiger partial charge in [0.05, 0.1) is 10.8 Å². The molecule has 2 spiro atoms. The van der Waals surface area contributed by atoms with E-state index in [9.17, 15) is 23.9 Å². The Morgan fingerprint density at radius 2 is 1.03 bits per heavy atom. The van der Waals surface area contributed by atoms with Crippen LogP contribution in [0.1, 0.15) is 167 Å². The maximum Gasteiger partial charge on any atom is 0.410 e. The van der Waals surface area contributed by atoms with Crippen LogP contribution in [0, 0.1) is 11.6 Å². The molecule has 1 amide bonds. The third kappa shape index (κ3) is 10.6. The van der Waals surface area contributed by atoms with Crippen molar-refractivity contribution in [2.75, 3.05) is 39.3 Å². The van der Waals surface area contributed by atoms with Crippen LogP contribution >= 0.6 is 0 Å². The first-order valence-corrected chi connectivity index (χ1v) is 24.0. The summed E-state index contributed by atoms with van der Waals surface area (Å²) in [6, 6.07) is 10.2. The Hall–Kier alpha value is -3.61. The summed E-state index contributed by atoms with van der Waals surface area (Å²) in [5, 5.41) is 13.3. The Labute approximate surface area is 374 Å². The van der Waals surface area contributed by atoms with E-state index in [1.165, 1.54) is 25.0 Å². The third-order valence-electron chi connectivity index (χ3n) is 15.2. The number of aliphatic carboxylic acids is 1. The molecule has 2 aromatic carbocycles. The number of amides is 1. The molecule has 2 saturated carbocycles. The van der Waals surface area contributed by atoms with Crippen LogP contribution in [0.4, 0.5) is 13.6 Å². The fourth-order valence-electron chi connectivity index (χ4n) is 12.0. The summed E-state index contributed by atoms with van der Waals surface area (Å²) in [5.41, 5.74) is 0.748. The molecule has 0 radical (unpaired) electrons. The molecule has 10 nitrogen and oxygen atoms in total. The van der Waals surface area contributed by atoms with E-state index in [0.29, 0.717) is 50.9 Å². The molecule has 348 valence electrons. The number of carboxylic acids is 1. The van der Waals surface area contributed by atoms with Gasteiger partial charge in [-0.1, -0.05) is 37.8 Å². The SMILES string of the molecule is CC(C)(C)OC(=O)N1CCC2(CCCN2Cc2cc(F)cc(C3(C(=O)OC(C)(C)C)CCCC3)c2)CC1.O=C(O)C1(c2cc(F)cc(CN3CCCC34CCNCC4)c2)CCCC1. The molecule has 63 heavy (non-hydrogen) atoms. The number of nitrogens with zero attached hydrogens (tertiary/aromatic N) is 3. The standard InChI is InChI=1S/C30H45FN2O4.C21H29FN2O2/c1-27(2,3)36-25(34)30(11-7-8-12-30)23-18-22(19-24(31)20-23)21-33-15-9-10-29(33)13-16-32(17-14-29)26(35)37-28(4,5)6;22-18-13-16(12-17(14-18)21(19(25)26)5-1-2-6-21)15-24-11-3-4-20(24)7-9-23-10-8-20/h18-20H,7-17,21H2,1-6H3;12-14,23H,1-11,15H2,(H,25,26). The molecule has 0 aromatic heterocycles. The monoisotopic (exact) mass is 877 g/mol. The molecule has 8 rings (SSSR count). The fraction of sp³-hybridized carbons (Fsp3) is 0.706. The van der Waals surface area contributed by atoms with E-state index in [0.717, 1.165) is 114 Å². The average molecular weight is 877 g/mol. The summed E-state index contributed by atoms with van der Waals surface area (Å²) >= 11 is 0. The van der Waals surface area contributed by atoms with Crippen LogP contribution in [-0.2, 0) is 43.0 Å². The lowest BCUT2D eigenvalue weighted by molar-refractivity contribution is -0.162. The van der Waals surface area contributed by atoms with E-state index in [-0.39, 0.29) is 34.8 Å². The van der Waals surface area contributed by atoms with Crippen molar-refractivity contribution in [3.63, 3.8) is 0 Å². The first-order valence-electron chi connectivity index (χ1n) is 24.0. The largest absolute Gasteiger partial charge is 0.481 e. The van der Waals surface area contributed by atoms with Crippen LogP contribution < -0.4 is 5.32 Å². The van der Waals surface area contributed by atoms with Crippen molar-refractivity contribution in [3.05, 3.63) is 70.3 Å². The van der Waals surface area contributed by atoms with Crippen LogP contribution in [-0.4, -0.2) is 99.4 Å². The Bertz CT molecular complexity index is 1950. The second kappa shape index (κ2) is 18.7. The maximum absolute atomic E-state index is 15.0. The number of likely N-dealkylation sites (tertiary alicyclic amines) is 3. The molecule has 2 aromatic rings. The first-order chi connectivity index (χ1) is 29.8. The minimum Gasteiger partial charge on any atom is -0.481 e. The van der Waals surface area contributed by atoms with Crippen LogP contribution in [0.15, 0.2) is 36.4 Å². The highest BCUT2D eigenvalue weighted by Crippen LogP contribution is 2.46. The molecule has 12 heteroatoms. The van der Waals surface area contributed by atoms with Gasteiger partial charge in [-0.05, 0) is 191 Å². The molecule has 4 saturated heterocycles. The maximum atomic E-state index is 15.0. The van der Waals surface area contributed by atoms with Crippen molar-refractivity contribution in [1.82, 2.24) is 20.0 Å². The predicted octanol–water partition coefficient (Wildman–Crippen LogP) is 9.78. The van der Waals surface area contributed by atoms with Crippen molar-refractivity contribution in [2.24, 2.45) is 0 Å². The van der Waals surface area contributed by atoms with E-state index in [1.54, 1.807) is 12.1 Å². The van der Waals surface area contributed by atoms with Gasteiger partial charge in [0.1, 0.15) is 22.8 Å². The second-order valence-electron chi connectivity index (χ2n) is 21.8. The summed E-state index contributed by atoms with van der Waals surface area (Å²) < 4.78 is 40.8. The van der Waals surface area contributed by atoms with Gasteiger partial charge in [0.25, 0.3) is 0 Å². The van der Waals surface area contributed by atoms with Gasteiger partial charge in [-0.15, -0.1) is 0 Å². The number of ether oxygens (including phenoxy) is 2. The summed E-state index contributed by atoms with van der Waals surface area (Å²) in [5.74, 6) is -1.64.